The van der Waals surface area contributed by atoms with E-state index >= 15 is 0 Å². The molecule has 2 aromatic rings. The number of halogens is 3. The maximum atomic E-state index is 5.51. The van der Waals surface area contributed by atoms with Crippen LogP contribution in [0.1, 0.15) is 24.3 Å². The lowest BCUT2D eigenvalue weighted by molar-refractivity contribution is 1.04. The summed E-state index contributed by atoms with van der Waals surface area (Å²) in [5.41, 5.74) is 1.23. The number of hydrogen-bond donors (Lipinski definition) is 0. The average Bonchev–Trinajstić information content (AvgIpc) is 3.19. The Bertz CT molecular complexity index is 478. The van der Waals surface area contributed by atoms with Crippen molar-refractivity contribution in [2.24, 2.45) is 0 Å². The zero-order valence-corrected chi connectivity index (χ0v) is 12.3. The van der Waals surface area contributed by atoms with Gasteiger partial charge in [-0.2, -0.15) is 0 Å². The molecule has 1 aliphatic carbocycles. The second-order valence-electron chi connectivity index (χ2n) is 3.73. The molecule has 0 atom stereocenters. The van der Waals surface area contributed by atoms with E-state index in [1.807, 2.05) is 12.4 Å². The SMILES string of the molecule is Clc1ncc(Br)cn1.Clc1ncc(C2CC2)cn1. The van der Waals surface area contributed by atoms with Crippen LogP contribution < -0.4 is 0 Å². The fourth-order valence-electron chi connectivity index (χ4n) is 1.25. The molecule has 0 N–H and O–H groups in total. The lowest BCUT2D eigenvalue weighted by Crippen LogP contribution is -1.85. The molecule has 2 heterocycles. The molecule has 0 spiro atoms. The van der Waals surface area contributed by atoms with E-state index in [-0.39, 0.29) is 5.28 Å². The van der Waals surface area contributed by atoms with E-state index in [2.05, 4.69) is 35.9 Å². The van der Waals surface area contributed by atoms with Crippen LogP contribution in [-0.2, 0) is 0 Å². The Labute approximate surface area is 123 Å². The zero-order valence-electron chi connectivity index (χ0n) is 9.22. The maximum absolute atomic E-state index is 5.51. The van der Waals surface area contributed by atoms with E-state index in [9.17, 15) is 0 Å². The Hall–Kier alpha value is -0.780. The summed E-state index contributed by atoms with van der Waals surface area (Å²) in [5, 5.41) is 0.609. The van der Waals surface area contributed by atoms with Crippen LogP contribution in [0.2, 0.25) is 10.6 Å². The molecule has 0 bridgehead atoms. The van der Waals surface area contributed by atoms with Crippen LogP contribution in [0.25, 0.3) is 0 Å². The molecule has 0 aliphatic heterocycles. The van der Waals surface area contributed by atoms with Crippen LogP contribution >= 0.6 is 39.1 Å². The Kier molecular flexibility index (Phi) is 4.86. The number of aromatic nitrogens is 4. The van der Waals surface area contributed by atoms with Gasteiger partial charge in [0.05, 0.1) is 4.47 Å². The molecule has 0 radical (unpaired) electrons. The number of rotatable bonds is 1. The summed E-state index contributed by atoms with van der Waals surface area (Å²) in [4.78, 5) is 15.2. The van der Waals surface area contributed by atoms with Gasteiger partial charge in [0, 0.05) is 24.8 Å². The minimum atomic E-state index is 0.271. The summed E-state index contributed by atoms with van der Waals surface area (Å²) in [7, 11) is 0. The summed E-state index contributed by atoms with van der Waals surface area (Å²) in [5.74, 6) is 0.720. The molecule has 1 fully saturated rings. The normalized spacial score (nSPS) is 13.7. The van der Waals surface area contributed by atoms with Gasteiger partial charge < -0.3 is 0 Å². The fourth-order valence-corrected chi connectivity index (χ4v) is 1.65. The molecular weight excluding hydrogens is 339 g/mol. The van der Waals surface area contributed by atoms with Crippen molar-refractivity contribution in [2.45, 2.75) is 18.8 Å². The molecule has 18 heavy (non-hydrogen) atoms. The first-order valence-electron chi connectivity index (χ1n) is 5.25. The molecule has 3 rings (SSSR count). The molecule has 7 heteroatoms. The van der Waals surface area contributed by atoms with Crippen LogP contribution in [0.5, 0.6) is 0 Å². The van der Waals surface area contributed by atoms with Gasteiger partial charge in [-0.15, -0.1) is 0 Å². The summed E-state index contributed by atoms with van der Waals surface area (Å²) in [6, 6.07) is 0. The van der Waals surface area contributed by atoms with Gasteiger partial charge in [-0.3, -0.25) is 0 Å². The Balaban J connectivity index is 0.000000138. The molecule has 2 aromatic heterocycles. The van der Waals surface area contributed by atoms with E-state index in [4.69, 9.17) is 23.2 Å². The highest BCUT2D eigenvalue weighted by atomic mass is 79.9. The third kappa shape index (κ3) is 4.48. The van der Waals surface area contributed by atoms with Crippen molar-refractivity contribution < 1.29 is 0 Å². The smallest absolute Gasteiger partial charge is 0.222 e. The Morgan fingerprint density at radius 3 is 1.72 bits per heavy atom. The van der Waals surface area contributed by atoms with Gasteiger partial charge >= 0.3 is 0 Å². The molecule has 0 aromatic carbocycles. The van der Waals surface area contributed by atoms with Crippen LogP contribution in [0, 0.1) is 0 Å². The van der Waals surface area contributed by atoms with Gasteiger partial charge in [0.15, 0.2) is 0 Å². The minimum absolute atomic E-state index is 0.271. The summed E-state index contributed by atoms with van der Waals surface area (Å²) in [6.45, 7) is 0. The molecule has 0 amide bonds. The van der Waals surface area contributed by atoms with Crippen molar-refractivity contribution >= 4 is 39.1 Å². The molecule has 1 aliphatic rings. The van der Waals surface area contributed by atoms with E-state index in [1.54, 1.807) is 12.4 Å². The first-order valence-corrected chi connectivity index (χ1v) is 6.80. The number of nitrogens with zero attached hydrogens (tertiary/aromatic N) is 4. The number of hydrogen-bond acceptors (Lipinski definition) is 4. The zero-order chi connectivity index (χ0) is 13.0. The predicted octanol–water partition coefficient (Wildman–Crippen LogP) is 3.90. The molecule has 0 unspecified atom stereocenters. The second kappa shape index (κ2) is 6.41. The van der Waals surface area contributed by atoms with E-state index in [0.717, 1.165) is 10.4 Å². The van der Waals surface area contributed by atoms with Gasteiger partial charge in [0.1, 0.15) is 0 Å². The van der Waals surface area contributed by atoms with Crippen molar-refractivity contribution in [2.75, 3.05) is 0 Å². The quantitative estimate of drug-likeness (QED) is 0.734. The third-order valence-corrected chi connectivity index (χ3v) is 3.08. The van der Waals surface area contributed by atoms with Gasteiger partial charge in [0.25, 0.3) is 0 Å². The standard InChI is InChI=1S/C7H7ClN2.C4H2BrClN2/c8-7-9-3-6(4-10-7)5-1-2-5;5-3-1-7-4(6)8-2-3/h3-5H,1-2H2;1-2H. The predicted molar refractivity (Wildman–Crippen MR) is 73.8 cm³/mol. The largest absolute Gasteiger partial charge is 0.226 e. The molecule has 4 nitrogen and oxygen atoms in total. The van der Waals surface area contributed by atoms with Crippen LogP contribution in [0.15, 0.2) is 29.3 Å². The fraction of sp³-hybridized carbons (Fsp3) is 0.273. The second-order valence-corrected chi connectivity index (χ2v) is 5.32. The monoisotopic (exact) mass is 346 g/mol. The lowest BCUT2D eigenvalue weighted by atomic mass is 10.2. The third-order valence-electron chi connectivity index (χ3n) is 2.28. The van der Waals surface area contributed by atoms with Crippen molar-refractivity contribution in [1.29, 1.82) is 0 Å². The van der Waals surface area contributed by atoms with Crippen LogP contribution in [0.4, 0.5) is 0 Å². The molecule has 94 valence electrons. The van der Waals surface area contributed by atoms with Crippen molar-refractivity contribution in [3.63, 3.8) is 0 Å². The Morgan fingerprint density at radius 1 is 0.889 bits per heavy atom. The molecule has 1 saturated carbocycles. The summed E-state index contributed by atoms with van der Waals surface area (Å²) in [6.07, 6.45) is 9.38. The average molecular weight is 348 g/mol. The minimum Gasteiger partial charge on any atom is -0.226 e. The highest BCUT2D eigenvalue weighted by Crippen LogP contribution is 2.39. The van der Waals surface area contributed by atoms with Gasteiger partial charge in [-0.1, -0.05) is 0 Å². The first kappa shape index (κ1) is 13.6. The molecular formula is C11H9BrCl2N4. The summed E-state index contributed by atoms with van der Waals surface area (Å²) < 4.78 is 0.835. The van der Waals surface area contributed by atoms with E-state index in [0.29, 0.717) is 5.28 Å². The topological polar surface area (TPSA) is 51.6 Å². The van der Waals surface area contributed by atoms with Gasteiger partial charge in [-0.05, 0) is 63.5 Å². The van der Waals surface area contributed by atoms with Crippen molar-refractivity contribution in [1.82, 2.24) is 19.9 Å². The van der Waals surface area contributed by atoms with Crippen molar-refractivity contribution in [3.8, 4) is 0 Å². The van der Waals surface area contributed by atoms with E-state index in [1.165, 1.54) is 18.4 Å². The highest BCUT2D eigenvalue weighted by molar-refractivity contribution is 9.10. The highest BCUT2D eigenvalue weighted by Gasteiger charge is 2.23. The maximum Gasteiger partial charge on any atom is 0.222 e. The first-order chi connectivity index (χ1) is 8.65. The van der Waals surface area contributed by atoms with Gasteiger partial charge in [0.2, 0.25) is 10.6 Å². The lowest BCUT2D eigenvalue weighted by Gasteiger charge is -1.93. The van der Waals surface area contributed by atoms with Crippen LogP contribution in [0.3, 0.4) is 0 Å². The summed E-state index contributed by atoms with van der Waals surface area (Å²) >= 11 is 14.0. The van der Waals surface area contributed by atoms with E-state index < -0.39 is 0 Å². The molecule has 0 saturated heterocycles. The Morgan fingerprint density at radius 2 is 1.33 bits per heavy atom. The van der Waals surface area contributed by atoms with Crippen LogP contribution in [-0.4, -0.2) is 19.9 Å². The van der Waals surface area contributed by atoms with Crippen molar-refractivity contribution in [3.05, 3.63) is 45.4 Å². The van der Waals surface area contributed by atoms with Gasteiger partial charge in [-0.25, -0.2) is 19.9 Å².